The van der Waals surface area contributed by atoms with Crippen LogP contribution in [0.15, 0.2) is 0 Å². The van der Waals surface area contributed by atoms with E-state index in [4.69, 9.17) is 0 Å². The predicted molar refractivity (Wildman–Crippen MR) is 55.1 cm³/mol. The normalized spacial score (nSPS) is 29.1. The number of carbonyl (C=O) groups excluding carboxylic acids is 1. The summed E-state index contributed by atoms with van der Waals surface area (Å²) in [7, 11) is 4.23. The third kappa shape index (κ3) is 1.64. The molecule has 0 aromatic carbocycles. The number of hydrogen-bond donors (Lipinski definition) is 1. The van der Waals surface area contributed by atoms with Crippen LogP contribution >= 0.6 is 0 Å². The van der Waals surface area contributed by atoms with E-state index in [2.05, 4.69) is 29.2 Å². The number of rotatable bonds is 0. The quantitative estimate of drug-likeness (QED) is 0.569. The molecule has 4 nitrogen and oxygen atoms in total. The fourth-order valence-electron chi connectivity index (χ4n) is 2.43. The van der Waals surface area contributed by atoms with Gasteiger partial charge in [0.2, 0.25) is 5.91 Å². The summed E-state index contributed by atoms with van der Waals surface area (Å²) in [6.45, 7) is 3.67. The average Bonchev–Trinajstić information content (AvgIpc) is 2.16. The van der Waals surface area contributed by atoms with Crippen LogP contribution in [0.25, 0.3) is 0 Å². The summed E-state index contributed by atoms with van der Waals surface area (Å²) in [6, 6.07) is 0. The number of likely N-dealkylation sites (tertiary alicyclic amines) is 1. The highest BCUT2D eigenvalue weighted by molar-refractivity contribution is 5.79. The van der Waals surface area contributed by atoms with E-state index in [-0.39, 0.29) is 11.4 Å². The number of amides is 1. The molecule has 1 amide bonds. The van der Waals surface area contributed by atoms with Crippen molar-refractivity contribution in [1.29, 1.82) is 0 Å². The van der Waals surface area contributed by atoms with Crippen LogP contribution in [0.5, 0.6) is 0 Å². The molecular weight excluding hydrogens is 178 g/mol. The fourth-order valence-corrected chi connectivity index (χ4v) is 2.43. The molecule has 0 aromatic heterocycles. The Bertz CT molecular complexity index is 234. The van der Waals surface area contributed by atoms with Gasteiger partial charge in [-0.1, -0.05) is 0 Å². The molecule has 1 spiro atoms. The topological polar surface area (TPSA) is 35.6 Å². The molecule has 0 unspecified atom stereocenters. The summed E-state index contributed by atoms with van der Waals surface area (Å²) in [6.07, 6.45) is 2.33. The van der Waals surface area contributed by atoms with Crippen molar-refractivity contribution in [2.24, 2.45) is 0 Å². The lowest BCUT2D eigenvalue weighted by Gasteiger charge is -2.49. The summed E-state index contributed by atoms with van der Waals surface area (Å²) in [5.41, 5.74) is 0.237. The Labute approximate surface area is 85.2 Å². The smallest absolute Gasteiger partial charge is 0.234 e. The van der Waals surface area contributed by atoms with Gasteiger partial charge in [-0.3, -0.25) is 9.69 Å². The zero-order chi connectivity index (χ0) is 10.2. The zero-order valence-electron chi connectivity index (χ0n) is 9.05. The van der Waals surface area contributed by atoms with Gasteiger partial charge in [-0.05, 0) is 40.0 Å². The van der Waals surface area contributed by atoms with Crippen molar-refractivity contribution in [3.8, 4) is 0 Å². The third-order valence-electron chi connectivity index (χ3n) is 3.72. The van der Waals surface area contributed by atoms with E-state index in [0.29, 0.717) is 6.54 Å². The van der Waals surface area contributed by atoms with E-state index in [0.717, 1.165) is 19.6 Å². The minimum absolute atomic E-state index is 0.164. The van der Waals surface area contributed by atoms with Crippen LogP contribution in [-0.4, -0.2) is 61.5 Å². The van der Waals surface area contributed by atoms with Crippen LogP contribution in [0.4, 0.5) is 0 Å². The average molecular weight is 197 g/mol. The molecule has 0 aromatic rings. The number of likely N-dealkylation sites (N-methyl/N-ethyl adjacent to an activating group) is 1. The molecule has 2 aliphatic heterocycles. The van der Waals surface area contributed by atoms with E-state index in [1.807, 2.05) is 0 Å². The monoisotopic (exact) mass is 197 g/mol. The molecule has 2 fully saturated rings. The third-order valence-corrected chi connectivity index (χ3v) is 3.72. The van der Waals surface area contributed by atoms with Crippen LogP contribution in [0.1, 0.15) is 12.8 Å². The molecule has 2 aliphatic rings. The molecule has 1 N–H and O–H groups in total. The van der Waals surface area contributed by atoms with Gasteiger partial charge in [-0.15, -0.1) is 0 Å². The fraction of sp³-hybridized carbons (Fsp3) is 0.900. The molecule has 14 heavy (non-hydrogen) atoms. The Kier molecular flexibility index (Phi) is 2.49. The first kappa shape index (κ1) is 9.93. The van der Waals surface area contributed by atoms with E-state index < -0.39 is 0 Å². The maximum absolute atomic E-state index is 11.2. The number of nitrogens with one attached hydrogen (secondary N) is 1. The standard InChI is InChI=1S/C10H19N3O/c1-12-5-3-10(4-6-12)8-11-9(14)7-13(10)2/h3-8H2,1-2H3,(H,11,14). The van der Waals surface area contributed by atoms with Crippen molar-refractivity contribution in [1.82, 2.24) is 15.1 Å². The largest absolute Gasteiger partial charge is 0.353 e. The minimum atomic E-state index is 0.164. The van der Waals surface area contributed by atoms with Gasteiger partial charge in [0.05, 0.1) is 6.54 Å². The van der Waals surface area contributed by atoms with Crippen molar-refractivity contribution in [2.75, 3.05) is 40.3 Å². The van der Waals surface area contributed by atoms with Crippen LogP contribution in [0, 0.1) is 0 Å². The van der Waals surface area contributed by atoms with Gasteiger partial charge >= 0.3 is 0 Å². The molecule has 0 bridgehead atoms. The Morgan fingerprint density at radius 2 is 1.93 bits per heavy atom. The molecular formula is C10H19N3O. The van der Waals surface area contributed by atoms with Crippen LogP contribution < -0.4 is 5.32 Å². The highest BCUT2D eigenvalue weighted by Crippen LogP contribution is 2.28. The first-order valence-electron chi connectivity index (χ1n) is 5.29. The summed E-state index contributed by atoms with van der Waals surface area (Å²) in [4.78, 5) is 15.8. The van der Waals surface area contributed by atoms with Crippen LogP contribution in [0.2, 0.25) is 0 Å². The predicted octanol–water partition coefficient (Wildman–Crippen LogP) is -0.488. The highest BCUT2D eigenvalue weighted by atomic mass is 16.2. The molecule has 2 rings (SSSR count). The molecule has 4 heteroatoms. The van der Waals surface area contributed by atoms with Crippen molar-refractivity contribution in [2.45, 2.75) is 18.4 Å². The number of piperazine rings is 1. The number of hydrogen-bond acceptors (Lipinski definition) is 3. The van der Waals surface area contributed by atoms with E-state index in [1.165, 1.54) is 12.8 Å². The highest BCUT2D eigenvalue weighted by Gasteiger charge is 2.40. The first-order valence-corrected chi connectivity index (χ1v) is 5.29. The Balaban J connectivity index is 2.04. The molecule has 0 radical (unpaired) electrons. The van der Waals surface area contributed by atoms with Crippen LogP contribution in [0.3, 0.4) is 0 Å². The maximum atomic E-state index is 11.2. The molecule has 0 aliphatic carbocycles. The summed E-state index contributed by atoms with van der Waals surface area (Å²) in [5.74, 6) is 0.164. The first-order chi connectivity index (χ1) is 6.62. The van der Waals surface area contributed by atoms with Crippen molar-refractivity contribution in [3.63, 3.8) is 0 Å². The zero-order valence-corrected chi connectivity index (χ0v) is 9.05. The van der Waals surface area contributed by atoms with E-state index in [1.54, 1.807) is 0 Å². The molecule has 2 heterocycles. The number of carbonyl (C=O) groups is 1. The summed E-state index contributed by atoms with van der Waals surface area (Å²) >= 11 is 0. The van der Waals surface area contributed by atoms with Crippen molar-refractivity contribution in [3.05, 3.63) is 0 Å². The SMILES string of the molecule is CN1CCC2(CC1)CNC(=O)CN2C. The van der Waals surface area contributed by atoms with Gasteiger partial charge in [0.15, 0.2) is 0 Å². The van der Waals surface area contributed by atoms with Gasteiger partial charge in [0.25, 0.3) is 0 Å². The number of nitrogens with zero attached hydrogens (tertiary/aromatic N) is 2. The summed E-state index contributed by atoms with van der Waals surface area (Å²) < 4.78 is 0. The minimum Gasteiger partial charge on any atom is -0.353 e. The number of piperidine rings is 1. The lowest BCUT2D eigenvalue weighted by molar-refractivity contribution is -0.128. The lowest BCUT2D eigenvalue weighted by atomic mass is 9.84. The Hall–Kier alpha value is -0.610. The second-order valence-corrected chi connectivity index (χ2v) is 4.66. The molecule has 0 atom stereocenters. The van der Waals surface area contributed by atoms with Crippen molar-refractivity contribution >= 4 is 5.91 Å². The van der Waals surface area contributed by atoms with Gasteiger partial charge in [-0.25, -0.2) is 0 Å². The molecule has 2 saturated heterocycles. The Morgan fingerprint density at radius 3 is 2.50 bits per heavy atom. The van der Waals surface area contributed by atoms with Crippen LogP contribution in [-0.2, 0) is 4.79 Å². The van der Waals surface area contributed by atoms with Crippen molar-refractivity contribution < 1.29 is 4.79 Å². The van der Waals surface area contributed by atoms with Gasteiger partial charge in [-0.2, -0.15) is 0 Å². The molecule has 80 valence electrons. The second kappa shape index (κ2) is 3.51. The van der Waals surface area contributed by atoms with Gasteiger partial charge < -0.3 is 10.2 Å². The Morgan fingerprint density at radius 1 is 1.29 bits per heavy atom. The maximum Gasteiger partial charge on any atom is 0.234 e. The van der Waals surface area contributed by atoms with E-state index in [9.17, 15) is 4.79 Å². The molecule has 0 saturated carbocycles. The summed E-state index contributed by atoms with van der Waals surface area (Å²) in [5, 5.41) is 2.99. The van der Waals surface area contributed by atoms with E-state index >= 15 is 0 Å². The van der Waals surface area contributed by atoms with Gasteiger partial charge in [0.1, 0.15) is 0 Å². The lowest BCUT2D eigenvalue weighted by Crippen LogP contribution is -2.64. The van der Waals surface area contributed by atoms with Gasteiger partial charge in [0, 0.05) is 12.1 Å². The second-order valence-electron chi connectivity index (χ2n) is 4.66.